The van der Waals surface area contributed by atoms with Gasteiger partial charge in [0, 0.05) is 30.2 Å². The van der Waals surface area contributed by atoms with Crippen molar-refractivity contribution in [1.29, 1.82) is 0 Å². The van der Waals surface area contributed by atoms with Crippen LogP contribution in [-0.2, 0) is 11.3 Å². The number of fused-ring (bicyclic) bond motifs is 1. The summed E-state index contributed by atoms with van der Waals surface area (Å²) < 4.78 is 7.78. The Bertz CT molecular complexity index is 1360. The van der Waals surface area contributed by atoms with Crippen LogP contribution in [0.15, 0.2) is 97.8 Å². The molecule has 0 saturated heterocycles. The van der Waals surface area contributed by atoms with Crippen LogP contribution in [0.4, 0.5) is 5.69 Å². The van der Waals surface area contributed by atoms with Crippen molar-refractivity contribution in [3.05, 3.63) is 109 Å². The molecule has 33 heavy (non-hydrogen) atoms. The molecule has 0 radical (unpaired) electrons. The monoisotopic (exact) mass is 435 g/mol. The zero-order chi connectivity index (χ0) is 22.8. The molecule has 2 N–H and O–H groups in total. The van der Waals surface area contributed by atoms with Crippen molar-refractivity contribution in [2.45, 2.75) is 6.54 Å². The lowest BCUT2D eigenvalue weighted by molar-refractivity contribution is -0.111. The number of hydrogen-bond acceptors (Lipinski definition) is 3. The number of para-hydroxylation sites is 1. The van der Waals surface area contributed by atoms with Crippen LogP contribution < -0.4 is 15.4 Å². The zero-order valence-corrected chi connectivity index (χ0v) is 17.7. The van der Waals surface area contributed by atoms with E-state index in [0.717, 1.165) is 33.9 Å². The van der Waals surface area contributed by atoms with Gasteiger partial charge >= 0.3 is 0 Å². The van der Waals surface area contributed by atoms with Gasteiger partial charge in [-0.3, -0.25) is 9.59 Å². The van der Waals surface area contributed by atoms with Crippen LogP contribution in [0, 0.1) is 0 Å². The molecule has 5 rings (SSSR count). The third-order valence-electron chi connectivity index (χ3n) is 5.49. The van der Waals surface area contributed by atoms with E-state index >= 15 is 0 Å². The fourth-order valence-electron chi connectivity index (χ4n) is 3.87. The molecular formula is C27H21N3O3. The molecule has 0 aliphatic carbocycles. The van der Waals surface area contributed by atoms with Crippen molar-refractivity contribution < 1.29 is 14.3 Å². The van der Waals surface area contributed by atoms with E-state index in [1.807, 2.05) is 77.5 Å². The Morgan fingerprint density at radius 3 is 2.48 bits per heavy atom. The number of anilines is 1. The van der Waals surface area contributed by atoms with Crippen LogP contribution in [0.25, 0.3) is 16.8 Å². The molecule has 4 aromatic rings. The third kappa shape index (κ3) is 4.14. The van der Waals surface area contributed by atoms with Gasteiger partial charge < -0.3 is 19.9 Å². The highest BCUT2D eigenvalue weighted by atomic mass is 16.5. The maximum atomic E-state index is 12.5. The quantitative estimate of drug-likeness (QED) is 0.404. The summed E-state index contributed by atoms with van der Waals surface area (Å²) in [6.07, 6.45) is 4.87. The van der Waals surface area contributed by atoms with E-state index in [2.05, 4.69) is 17.2 Å². The Labute approximate surface area is 191 Å². The predicted octanol–water partition coefficient (Wildman–Crippen LogP) is 5.30. The SMILES string of the molecule is C=CC(=O)Nc1ccn(-c2cc3c(c(-c4ccc(Oc5ccccc5)cc4)c2)CNC3=O)c1. The molecule has 1 aliphatic heterocycles. The molecule has 1 aromatic heterocycles. The summed E-state index contributed by atoms with van der Waals surface area (Å²) >= 11 is 0. The highest BCUT2D eigenvalue weighted by Crippen LogP contribution is 2.34. The number of hydrogen-bond donors (Lipinski definition) is 2. The van der Waals surface area contributed by atoms with Gasteiger partial charge in [-0.15, -0.1) is 0 Å². The number of carbonyl (C=O) groups is 2. The second kappa shape index (κ2) is 8.51. The molecule has 0 fully saturated rings. The van der Waals surface area contributed by atoms with Gasteiger partial charge in [-0.05, 0) is 65.2 Å². The Morgan fingerprint density at radius 1 is 1.00 bits per heavy atom. The number of amides is 2. The smallest absolute Gasteiger partial charge is 0.251 e. The Morgan fingerprint density at radius 2 is 1.73 bits per heavy atom. The first kappa shape index (κ1) is 20.3. The molecule has 0 bridgehead atoms. The first-order chi connectivity index (χ1) is 16.1. The lowest BCUT2D eigenvalue weighted by atomic mass is 9.96. The second-order valence-electron chi connectivity index (χ2n) is 7.64. The number of carbonyl (C=O) groups excluding carboxylic acids is 2. The van der Waals surface area contributed by atoms with Crippen LogP contribution in [0.2, 0.25) is 0 Å². The Hall–Kier alpha value is -4.58. The van der Waals surface area contributed by atoms with Gasteiger partial charge in [-0.1, -0.05) is 36.9 Å². The first-order valence-corrected chi connectivity index (χ1v) is 10.5. The molecule has 6 nitrogen and oxygen atoms in total. The summed E-state index contributed by atoms with van der Waals surface area (Å²) in [6.45, 7) is 3.96. The number of rotatable bonds is 6. The van der Waals surface area contributed by atoms with Crippen molar-refractivity contribution in [2.24, 2.45) is 0 Å². The molecule has 1 aliphatic rings. The predicted molar refractivity (Wildman–Crippen MR) is 128 cm³/mol. The van der Waals surface area contributed by atoms with E-state index in [1.54, 1.807) is 12.3 Å². The molecule has 0 saturated carbocycles. The number of nitrogens with zero attached hydrogens (tertiary/aromatic N) is 1. The lowest BCUT2D eigenvalue weighted by Crippen LogP contribution is -2.12. The normalized spacial score (nSPS) is 12.1. The fraction of sp³-hybridized carbons (Fsp3) is 0.0370. The maximum Gasteiger partial charge on any atom is 0.251 e. The summed E-state index contributed by atoms with van der Waals surface area (Å²) in [4.78, 5) is 24.1. The Kier molecular flexibility index (Phi) is 5.24. The van der Waals surface area contributed by atoms with Crippen LogP contribution in [0.1, 0.15) is 15.9 Å². The van der Waals surface area contributed by atoms with Crippen LogP contribution in [-0.4, -0.2) is 16.4 Å². The average Bonchev–Trinajstić information content (AvgIpc) is 3.46. The van der Waals surface area contributed by atoms with Crippen molar-refractivity contribution in [3.63, 3.8) is 0 Å². The fourth-order valence-corrected chi connectivity index (χ4v) is 3.87. The molecule has 3 aromatic carbocycles. The van der Waals surface area contributed by atoms with Crippen molar-refractivity contribution in [1.82, 2.24) is 9.88 Å². The molecule has 0 spiro atoms. The van der Waals surface area contributed by atoms with E-state index in [0.29, 0.717) is 17.8 Å². The van der Waals surface area contributed by atoms with Crippen molar-refractivity contribution in [3.8, 4) is 28.3 Å². The van der Waals surface area contributed by atoms with E-state index in [9.17, 15) is 9.59 Å². The first-order valence-electron chi connectivity index (χ1n) is 10.5. The van der Waals surface area contributed by atoms with Gasteiger partial charge in [0.05, 0.1) is 5.69 Å². The topological polar surface area (TPSA) is 72.4 Å². The standard InChI is InChI=1S/C27H21N3O3/c1-2-26(31)29-19-12-13-30(17-19)20-14-23(25-16-28-27(32)24(25)15-20)18-8-10-22(11-9-18)33-21-6-4-3-5-7-21/h2-15,17H,1,16H2,(H,28,32)(H,29,31). The molecule has 6 heteroatoms. The minimum Gasteiger partial charge on any atom is -0.457 e. The minimum atomic E-state index is -0.278. The van der Waals surface area contributed by atoms with Gasteiger partial charge in [0.15, 0.2) is 0 Å². The summed E-state index contributed by atoms with van der Waals surface area (Å²) in [5.74, 6) is 1.14. The summed E-state index contributed by atoms with van der Waals surface area (Å²) in [5.41, 5.74) is 5.04. The van der Waals surface area contributed by atoms with Crippen molar-refractivity contribution >= 4 is 17.5 Å². The van der Waals surface area contributed by atoms with Gasteiger partial charge in [0.1, 0.15) is 11.5 Å². The molecule has 0 atom stereocenters. The van der Waals surface area contributed by atoms with E-state index in [4.69, 9.17) is 4.74 Å². The molecular weight excluding hydrogens is 414 g/mol. The van der Waals surface area contributed by atoms with Gasteiger partial charge in [0.2, 0.25) is 5.91 Å². The van der Waals surface area contributed by atoms with Crippen LogP contribution in [0.5, 0.6) is 11.5 Å². The number of nitrogens with one attached hydrogen (secondary N) is 2. The number of aromatic nitrogens is 1. The summed E-state index contributed by atoms with van der Waals surface area (Å²) in [5, 5.41) is 5.66. The van der Waals surface area contributed by atoms with Gasteiger partial charge in [0.25, 0.3) is 5.91 Å². The number of ether oxygens (including phenoxy) is 1. The van der Waals surface area contributed by atoms with Crippen LogP contribution >= 0.6 is 0 Å². The largest absolute Gasteiger partial charge is 0.457 e. The minimum absolute atomic E-state index is 0.0931. The summed E-state index contributed by atoms with van der Waals surface area (Å²) in [6, 6.07) is 23.2. The highest BCUT2D eigenvalue weighted by Gasteiger charge is 2.24. The van der Waals surface area contributed by atoms with E-state index in [-0.39, 0.29) is 11.8 Å². The van der Waals surface area contributed by atoms with Crippen molar-refractivity contribution in [2.75, 3.05) is 5.32 Å². The summed E-state index contributed by atoms with van der Waals surface area (Å²) in [7, 11) is 0. The maximum absolute atomic E-state index is 12.5. The molecule has 0 unspecified atom stereocenters. The molecule has 2 amide bonds. The third-order valence-corrected chi connectivity index (χ3v) is 5.49. The van der Waals surface area contributed by atoms with Gasteiger partial charge in [-0.25, -0.2) is 0 Å². The molecule has 162 valence electrons. The van der Waals surface area contributed by atoms with E-state index in [1.165, 1.54) is 6.08 Å². The Balaban J connectivity index is 1.49. The number of benzene rings is 3. The lowest BCUT2D eigenvalue weighted by Gasteiger charge is -2.13. The molecule has 2 heterocycles. The van der Waals surface area contributed by atoms with E-state index < -0.39 is 0 Å². The van der Waals surface area contributed by atoms with Gasteiger partial charge in [-0.2, -0.15) is 0 Å². The second-order valence-corrected chi connectivity index (χ2v) is 7.64. The highest BCUT2D eigenvalue weighted by molar-refractivity contribution is 6.01. The van der Waals surface area contributed by atoms with Crippen LogP contribution in [0.3, 0.4) is 0 Å². The zero-order valence-electron chi connectivity index (χ0n) is 17.7. The average molecular weight is 435 g/mol.